The van der Waals surface area contributed by atoms with E-state index in [2.05, 4.69) is 15.6 Å². The molecule has 0 spiro atoms. The van der Waals surface area contributed by atoms with Crippen molar-refractivity contribution in [1.82, 2.24) is 14.9 Å². The third-order valence-corrected chi connectivity index (χ3v) is 6.72. The Hall–Kier alpha value is -3.04. The zero-order chi connectivity index (χ0) is 24.4. The molecule has 33 heavy (non-hydrogen) atoms. The maximum absolute atomic E-state index is 13.5. The topological polar surface area (TPSA) is 96.2 Å². The first-order chi connectivity index (χ1) is 15.5. The van der Waals surface area contributed by atoms with Crippen LogP contribution in [0.25, 0.3) is 0 Å². The fourth-order valence-electron chi connectivity index (χ4n) is 3.97. The summed E-state index contributed by atoms with van der Waals surface area (Å²) in [5.41, 5.74) is 3.67. The van der Waals surface area contributed by atoms with E-state index in [4.69, 9.17) is 0 Å². The molecule has 3 rings (SSSR count). The quantitative estimate of drug-likeness (QED) is 0.487. The third kappa shape index (κ3) is 5.15. The van der Waals surface area contributed by atoms with Crippen molar-refractivity contribution in [2.24, 2.45) is 7.05 Å². The summed E-state index contributed by atoms with van der Waals surface area (Å²) in [6.07, 6.45) is -0.855. The second-order valence-electron chi connectivity index (χ2n) is 8.13. The first-order valence-corrected chi connectivity index (χ1v) is 11.4. The molecule has 176 valence electrons. The average molecular weight is 473 g/mol. The van der Waals surface area contributed by atoms with Gasteiger partial charge in [0.05, 0.1) is 22.0 Å². The van der Waals surface area contributed by atoms with E-state index in [9.17, 15) is 19.1 Å². The number of hydrogen-bond donors (Lipinski definition) is 3. The largest absolute Gasteiger partial charge is 0.377 e. The maximum atomic E-state index is 13.5. The molecule has 0 aliphatic rings. The molecule has 3 aromatic rings. The Bertz CT molecular complexity index is 1220. The summed E-state index contributed by atoms with van der Waals surface area (Å²) in [5, 5.41) is 17.3. The highest BCUT2D eigenvalue weighted by Gasteiger charge is 2.28. The van der Waals surface area contributed by atoms with E-state index in [1.54, 1.807) is 49.8 Å². The Kier molecular flexibility index (Phi) is 7.34. The highest BCUT2D eigenvalue weighted by molar-refractivity contribution is 7.11. The minimum absolute atomic E-state index is 0.347. The lowest BCUT2D eigenvalue weighted by molar-refractivity contribution is -0.129. The Morgan fingerprint density at radius 1 is 1.21 bits per heavy atom. The number of nitrogens with zero attached hydrogens (tertiary/aromatic N) is 2. The molecule has 1 atom stereocenters. The van der Waals surface area contributed by atoms with E-state index in [-0.39, 0.29) is 11.7 Å². The number of thiazole rings is 1. The molecule has 0 saturated carbocycles. The van der Waals surface area contributed by atoms with E-state index in [1.807, 2.05) is 13.8 Å². The van der Waals surface area contributed by atoms with Crippen LogP contribution in [0.2, 0.25) is 0 Å². The molecule has 0 aliphatic heterocycles. The van der Waals surface area contributed by atoms with Crippen LogP contribution in [0, 0.1) is 40.4 Å². The van der Waals surface area contributed by atoms with E-state index in [0.29, 0.717) is 46.7 Å². The second-order valence-corrected chi connectivity index (χ2v) is 9.53. The molecule has 0 bridgehead atoms. The minimum atomic E-state index is -1.43. The molecule has 0 saturated heterocycles. The van der Waals surface area contributed by atoms with Crippen molar-refractivity contribution in [3.63, 3.8) is 0 Å². The lowest BCUT2D eigenvalue weighted by Gasteiger charge is -2.14. The average Bonchev–Trinajstić information content (AvgIpc) is 3.18. The SMILES string of the molecule is Cc1nc(CCNC(=O)C(O)c2c(C)c(C(=O)Nc3ccc(F)c(C)c3)c(C)n2C)c(C)s1. The van der Waals surface area contributed by atoms with Gasteiger partial charge in [0.1, 0.15) is 5.82 Å². The molecule has 2 aromatic heterocycles. The monoisotopic (exact) mass is 472 g/mol. The summed E-state index contributed by atoms with van der Waals surface area (Å²) in [6.45, 7) is 9.35. The Labute approximate surface area is 196 Å². The highest BCUT2D eigenvalue weighted by atomic mass is 32.1. The number of anilines is 1. The van der Waals surface area contributed by atoms with Gasteiger partial charge in [0, 0.05) is 36.3 Å². The summed E-state index contributed by atoms with van der Waals surface area (Å²) < 4.78 is 15.2. The lowest BCUT2D eigenvalue weighted by Crippen LogP contribution is -2.32. The summed E-state index contributed by atoms with van der Waals surface area (Å²) >= 11 is 1.61. The van der Waals surface area contributed by atoms with Gasteiger partial charge in [-0.25, -0.2) is 9.37 Å². The number of aryl methyl sites for hydroxylation is 3. The second kappa shape index (κ2) is 9.84. The van der Waals surface area contributed by atoms with Crippen LogP contribution in [0.1, 0.15) is 54.6 Å². The zero-order valence-electron chi connectivity index (χ0n) is 19.7. The number of aliphatic hydroxyl groups excluding tert-OH is 1. The van der Waals surface area contributed by atoms with Gasteiger partial charge in [-0.3, -0.25) is 9.59 Å². The predicted molar refractivity (Wildman–Crippen MR) is 127 cm³/mol. The van der Waals surface area contributed by atoms with Crippen LogP contribution in [0.15, 0.2) is 18.2 Å². The van der Waals surface area contributed by atoms with Crippen molar-refractivity contribution in [1.29, 1.82) is 0 Å². The van der Waals surface area contributed by atoms with Crippen LogP contribution < -0.4 is 10.6 Å². The number of hydrogen-bond acceptors (Lipinski definition) is 5. The number of nitrogens with one attached hydrogen (secondary N) is 2. The van der Waals surface area contributed by atoms with Gasteiger partial charge in [-0.1, -0.05) is 0 Å². The number of halogens is 1. The van der Waals surface area contributed by atoms with E-state index >= 15 is 0 Å². The molecule has 0 aliphatic carbocycles. The van der Waals surface area contributed by atoms with Gasteiger partial charge in [-0.2, -0.15) is 0 Å². The van der Waals surface area contributed by atoms with Crippen LogP contribution in [0.4, 0.5) is 10.1 Å². The van der Waals surface area contributed by atoms with Gasteiger partial charge in [0.15, 0.2) is 6.10 Å². The lowest BCUT2D eigenvalue weighted by atomic mass is 10.1. The molecule has 2 amide bonds. The molecule has 9 heteroatoms. The van der Waals surface area contributed by atoms with Crippen LogP contribution >= 0.6 is 11.3 Å². The summed E-state index contributed by atoms with van der Waals surface area (Å²) in [7, 11) is 1.70. The van der Waals surface area contributed by atoms with Crippen LogP contribution in [-0.2, 0) is 18.3 Å². The van der Waals surface area contributed by atoms with Crippen molar-refractivity contribution in [2.45, 2.75) is 47.1 Å². The van der Waals surface area contributed by atoms with Gasteiger partial charge in [0.2, 0.25) is 0 Å². The van der Waals surface area contributed by atoms with Gasteiger partial charge < -0.3 is 20.3 Å². The molecule has 1 aromatic carbocycles. The maximum Gasteiger partial charge on any atom is 0.257 e. The molecule has 2 heterocycles. The highest BCUT2D eigenvalue weighted by Crippen LogP contribution is 2.28. The molecule has 3 N–H and O–H groups in total. The summed E-state index contributed by atoms with van der Waals surface area (Å²) in [4.78, 5) is 31.2. The van der Waals surface area contributed by atoms with Crippen LogP contribution in [0.5, 0.6) is 0 Å². The number of amides is 2. The van der Waals surface area contributed by atoms with Gasteiger partial charge in [-0.15, -0.1) is 11.3 Å². The van der Waals surface area contributed by atoms with Crippen LogP contribution in [0.3, 0.4) is 0 Å². The van der Waals surface area contributed by atoms with E-state index < -0.39 is 12.0 Å². The van der Waals surface area contributed by atoms with Gasteiger partial charge >= 0.3 is 0 Å². The Morgan fingerprint density at radius 2 is 1.91 bits per heavy atom. The number of aliphatic hydroxyl groups is 1. The number of carbonyl (C=O) groups excluding carboxylic acids is 2. The molecule has 1 unspecified atom stereocenters. The normalized spacial score (nSPS) is 12.0. The molecule has 7 nitrogen and oxygen atoms in total. The smallest absolute Gasteiger partial charge is 0.257 e. The van der Waals surface area contributed by atoms with Crippen molar-refractivity contribution >= 4 is 28.8 Å². The first kappa shape index (κ1) is 24.6. The zero-order valence-corrected chi connectivity index (χ0v) is 20.5. The van der Waals surface area contributed by atoms with Crippen molar-refractivity contribution < 1.29 is 19.1 Å². The third-order valence-electron chi connectivity index (χ3n) is 5.80. The van der Waals surface area contributed by atoms with E-state index in [0.717, 1.165) is 15.6 Å². The molecular weight excluding hydrogens is 443 g/mol. The van der Waals surface area contributed by atoms with Crippen molar-refractivity contribution in [2.75, 3.05) is 11.9 Å². The Balaban J connectivity index is 1.74. The number of aromatic nitrogens is 2. The summed E-state index contributed by atoms with van der Waals surface area (Å²) in [5.74, 6) is -1.28. The molecule has 0 radical (unpaired) electrons. The van der Waals surface area contributed by atoms with Gasteiger partial charge in [-0.05, 0) is 63.9 Å². The molecule has 0 fully saturated rings. The minimum Gasteiger partial charge on any atom is -0.377 e. The fourth-order valence-corrected chi connectivity index (χ4v) is 4.83. The van der Waals surface area contributed by atoms with Crippen LogP contribution in [-0.4, -0.2) is 33.0 Å². The fraction of sp³-hybridized carbons (Fsp3) is 0.375. The number of rotatable bonds is 7. The number of carbonyl (C=O) groups is 2. The van der Waals surface area contributed by atoms with E-state index in [1.165, 1.54) is 12.1 Å². The molecular formula is C24H29FN4O3S. The van der Waals surface area contributed by atoms with Gasteiger partial charge in [0.25, 0.3) is 11.8 Å². The first-order valence-electron chi connectivity index (χ1n) is 10.6. The standard InChI is InChI=1S/C24H29FN4O3S/c1-12-11-17(7-8-18(12)25)28-23(31)20-13(2)21(29(6)14(20)3)22(30)24(32)26-10-9-19-15(4)33-16(5)27-19/h7-8,11,22,30H,9-10H2,1-6H3,(H,26,32)(H,28,31). The Morgan fingerprint density at radius 3 is 2.52 bits per heavy atom. The van der Waals surface area contributed by atoms with Crippen molar-refractivity contribution in [3.05, 3.63) is 67.7 Å². The summed E-state index contributed by atoms with van der Waals surface area (Å²) in [6, 6.07) is 4.34. The predicted octanol–water partition coefficient (Wildman–Crippen LogP) is 3.81. The van der Waals surface area contributed by atoms with Crippen molar-refractivity contribution in [3.8, 4) is 0 Å². The number of benzene rings is 1.